The molecule has 0 aliphatic carbocycles. The van der Waals surface area contributed by atoms with Crippen LogP contribution in [0.15, 0.2) is 18.2 Å². The number of aryl methyl sites for hydroxylation is 1. The number of hydrogen-bond donors (Lipinski definition) is 2. The van der Waals surface area contributed by atoms with E-state index in [-0.39, 0.29) is 5.91 Å². The third kappa shape index (κ3) is 3.67. The van der Waals surface area contributed by atoms with Crippen molar-refractivity contribution in [2.24, 2.45) is 0 Å². The molecule has 18 heavy (non-hydrogen) atoms. The highest BCUT2D eigenvalue weighted by Gasteiger charge is 2.14. The number of amides is 1. The number of rotatable bonds is 5. The van der Waals surface area contributed by atoms with Crippen LogP contribution in [-0.4, -0.2) is 17.8 Å². The molecule has 0 bridgehead atoms. The van der Waals surface area contributed by atoms with E-state index in [1.54, 1.807) is 0 Å². The van der Waals surface area contributed by atoms with Gasteiger partial charge >= 0.3 is 0 Å². The van der Waals surface area contributed by atoms with E-state index in [9.17, 15) is 4.79 Å². The van der Waals surface area contributed by atoms with Crippen LogP contribution in [0.25, 0.3) is 0 Å². The molecule has 1 aromatic carbocycles. The molecule has 2 rings (SSSR count). The third-order valence-corrected chi connectivity index (χ3v) is 3.27. The van der Waals surface area contributed by atoms with E-state index in [1.807, 2.05) is 18.2 Å². The molecule has 1 atom stereocenters. The van der Waals surface area contributed by atoms with Crippen LogP contribution in [0.1, 0.15) is 31.7 Å². The van der Waals surface area contributed by atoms with Crippen molar-refractivity contribution in [3.8, 4) is 5.75 Å². The maximum absolute atomic E-state index is 11.2. The van der Waals surface area contributed by atoms with Crippen LogP contribution in [0.5, 0.6) is 5.75 Å². The summed E-state index contributed by atoms with van der Waals surface area (Å²) in [6.07, 6.45) is 3.43. The second-order valence-electron chi connectivity index (χ2n) is 4.71. The highest BCUT2D eigenvalue weighted by Crippen LogP contribution is 2.26. The Labute approximate surface area is 113 Å². The van der Waals surface area contributed by atoms with Gasteiger partial charge in [0.25, 0.3) is 0 Å². The highest BCUT2D eigenvalue weighted by atomic mass is 32.1. The SMILES string of the molecule is CC(S)CCCOc1ccc2c(c1)CCC(=O)N2. The molecule has 0 saturated heterocycles. The number of carbonyl (C=O) groups excluding carboxylic acids is 1. The largest absolute Gasteiger partial charge is 0.494 e. The summed E-state index contributed by atoms with van der Waals surface area (Å²) in [6, 6.07) is 5.86. The predicted molar refractivity (Wildman–Crippen MR) is 76.6 cm³/mol. The Hall–Kier alpha value is -1.16. The zero-order valence-electron chi connectivity index (χ0n) is 10.6. The van der Waals surface area contributed by atoms with Crippen molar-refractivity contribution in [3.05, 3.63) is 23.8 Å². The molecule has 0 aromatic heterocycles. The Kier molecular flexibility index (Phi) is 4.53. The van der Waals surface area contributed by atoms with Crippen molar-refractivity contribution in [1.82, 2.24) is 0 Å². The van der Waals surface area contributed by atoms with E-state index in [0.717, 1.165) is 42.9 Å². The quantitative estimate of drug-likeness (QED) is 0.634. The van der Waals surface area contributed by atoms with Crippen molar-refractivity contribution < 1.29 is 9.53 Å². The molecule has 1 heterocycles. The molecule has 98 valence electrons. The second-order valence-corrected chi connectivity index (χ2v) is 5.59. The molecule has 0 radical (unpaired) electrons. The molecule has 0 spiro atoms. The number of hydrogen-bond acceptors (Lipinski definition) is 3. The van der Waals surface area contributed by atoms with Gasteiger partial charge in [-0.15, -0.1) is 0 Å². The van der Waals surface area contributed by atoms with Crippen LogP contribution < -0.4 is 10.1 Å². The topological polar surface area (TPSA) is 38.3 Å². The van der Waals surface area contributed by atoms with Gasteiger partial charge in [-0.1, -0.05) is 6.92 Å². The molecule has 1 N–H and O–H groups in total. The Morgan fingerprint density at radius 3 is 3.06 bits per heavy atom. The Morgan fingerprint density at radius 1 is 1.44 bits per heavy atom. The fourth-order valence-corrected chi connectivity index (χ4v) is 2.20. The summed E-state index contributed by atoms with van der Waals surface area (Å²) in [4.78, 5) is 11.2. The smallest absolute Gasteiger partial charge is 0.224 e. The monoisotopic (exact) mass is 265 g/mol. The lowest BCUT2D eigenvalue weighted by molar-refractivity contribution is -0.116. The number of fused-ring (bicyclic) bond motifs is 1. The normalized spacial score (nSPS) is 15.8. The first-order valence-electron chi connectivity index (χ1n) is 6.39. The van der Waals surface area contributed by atoms with Gasteiger partial charge in [0.1, 0.15) is 5.75 Å². The number of benzene rings is 1. The fraction of sp³-hybridized carbons (Fsp3) is 0.500. The van der Waals surface area contributed by atoms with E-state index in [2.05, 4.69) is 24.9 Å². The van der Waals surface area contributed by atoms with Gasteiger partial charge in [-0.2, -0.15) is 12.6 Å². The minimum absolute atomic E-state index is 0.0962. The highest BCUT2D eigenvalue weighted by molar-refractivity contribution is 7.80. The predicted octanol–water partition coefficient (Wildman–Crippen LogP) is 3.05. The molecular weight excluding hydrogens is 246 g/mol. The number of anilines is 1. The van der Waals surface area contributed by atoms with Crippen LogP contribution in [-0.2, 0) is 11.2 Å². The van der Waals surface area contributed by atoms with Gasteiger partial charge in [0.2, 0.25) is 5.91 Å². The summed E-state index contributed by atoms with van der Waals surface area (Å²) in [5.74, 6) is 0.982. The number of ether oxygens (including phenoxy) is 1. The number of thiol groups is 1. The molecule has 0 fully saturated rings. The van der Waals surface area contributed by atoms with Crippen molar-refractivity contribution in [3.63, 3.8) is 0 Å². The summed E-state index contributed by atoms with van der Waals surface area (Å²) >= 11 is 4.34. The minimum Gasteiger partial charge on any atom is -0.494 e. The van der Waals surface area contributed by atoms with E-state index in [1.165, 1.54) is 0 Å². The standard InChI is InChI=1S/C14H19NO2S/c1-10(18)3-2-8-17-12-5-6-13-11(9-12)4-7-14(16)15-13/h5-6,9-10,18H,2-4,7-8H2,1H3,(H,15,16). The summed E-state index contributed by atoms with van der Waals surface area (Å²) < 4.78 is 5.70. The average Bonchev–Trinajstić information content (AvgIpc) is 2.34. The zero-order chi connectivity index (χ0) is 13.0. The van der Waals surface area contributed by atoms with Crippen molar-refractivity contribution >= 4 is 24.2 Å². The average molecular weight is 265 g/mol. The van der Waals surface area contributed by atoms with E-state index in [4.69, 9.17) is 4.74 Å². The van der Waals surface area contributed by atoms with Gasteiger partial charge in [-0.25, -0.2) is 0 Å². The maximum atomic E-state index is 11.2. The summed E-state index contributed by atoms with van der Waals surface area (Å²) in [6.45, 7) is 2.81. The number of nitrogens with one attached hydrogen (secondary N) is 1. The Bertz CT molecular complexity index is 432. The van der Waals surface area contributed by atoms with E-state index >= 15 is 0 Å². The summed E-state index contributed by atoms with van der Waals surface area (Å²) in [5.41, 5.74) is 2.08. The van der Waals surface area contributed by atoms with Crippen molar-refractivity contribution in [1.29, 1.82) is 0 Å². The zero-order valence-corrected chi connectivity index (χ0v) is 11.5. The first-order valence-corrected chi connectivity index (χ1v) is 6.90. The molecule has 1 amide bonds. The Balaban J connectivity index is 1.89. The Morgan fingerprint density at radius 2 is 2.28 bits per heavy atom. The van der Waals surface area contributed by atoms with Crippen LogP contribution in [0.4, 0.5) is 5.69 Å². The molecule has 0 saturated carbocycles. The molecule has 1 aromatic rings. The maximum Gasteiger partial charge on any atom is 0.224 e. The first-order chi connectivity index (χ1) is 8.65. The summed E-state index contributed by atoms with van der Waals surface area (Å²) in [7, 11) is 0. The molecule has 1 aliphatic rings. The van der Waals surface area contributed by atoms with E-state index < -0.39 is 0 Å². The van der Waals surface area contributed by atoms with Gasteiger partial charge < -0.3 is 10.1 Å². The van der Waals surface area contributed by atoms with Gasteiger partial charge in [-0.3, -0.25) is 4.79 Å². The van der Waals surface area contributed by atoms with Gasteiger partial charge in [0.05, 0.1) is 6.61 Å². The van der Waals surface area contributed by atoms with E-state index in [0.29, 0.717) is 11.7 Å². The van der Waals surface area contributed by atoms with Crippen molar-refractivity contribution in [2.75, 3.05) is 11.9 Å². The van der Waals surface area contributed by atoms with Crippen LogP contribution in [0.3, 0.4) is 0 Å². The molecule has 4 heteroatoms. The van der Waals surface area contributed by atoms with Gasteiger partial charge in [0, 0.05) is 12.1 Å². The van der Waals surface area contributed by atoms with Crippen LogP contribution >= 0.6 is 12.6 Å². The van der Waals surface area contributed by atoms with Gasteiger partial charge in [-0.05, 0) is 48.3 Å². The van der Waals surface area contributed by atoms with Crippen LogP contribution in [0, 0.1) is 0 Å². The number of carbonyl (C=O) groups is 1. The first kappa shape index (κ1) is 13.3. The van der Waals surface area contributed by atoms with Crippen LogP contribution in [0.2, 0.25) is 0 Å². The fourth-order valence-electron chi connectivity index (χ4n) is 2.02. The van der Waals surface area contributed by atoms with Crippen molar-refractivity contribution in [2.45, 2.75) is 37.9 Å². The van der Waals surface area contributed by atoms with Gasteiger partial charge in [0.15, 0.2) is 0 Å². The molecular formula is C14H19NO2S. The molecule has 3 nitrogen and oxygen atoms in total. The second kappa shape index (κ2) is 6.14. The molecule has 1 aliphatic heterocycles. The third-order valence-electron chi connectivity index (χ3n) is 3.01. The minimum atomic E-state index is 0.0962. The lowest BCUT2D eigenvalue weighted by atomic mass is 10.0. The summed E-state index contributed by atoms with van der Waals surface area (Å²) in [5, 5.41) is 3.29. The lowest BCUT2D eigenvalue weighted by Crippen LogP contribution is -2.18. The lowest BCUT2D eigenvalue weighted by Gasteiger charge is -2.17. The molecule has 1 unspecified atom stereocenters.